The van der Waals surface area contributed by atoms with Gasteiger partial charge in [0.1, 0.15) is 0 Å². The van der Waals surface area contributed by atoms with E-state index < -0.39 is 10.0 Å². The van der Waals surface area contributed by atoms with E-state index in [1.165, 1.54) is 11.1 Å². The zero-order chi connectivity index (χ0) is 14.2. The first-order valence-electron chi connectivity index (χ1n) is 5.38. The summed E-state index contributed by atoms with van der Waals surface area (Å²) in [6, 6.07) is 1.67. The molecule has 1 amide bonds. The van der Waals surface area contributed by atoms with Crippen molar-refractivity contribution in [3.05, 3.63) is 21.9 Å². The Bertz CT molecular complexity index is 622. The minimum absolute atomic E-state index is 0.138. The number of hydrogen-bond acceptors (Lipinski definition) is 4. The molecule has 2 N–H and O–H groups in total. The molecule has 0 bridgehead atoms. The van der Waals surface area contributed by atoms with Crippen molar-refractivity contribution in [1.29, 1.82) is 0 Å². The fraction of sp³-hybridized carbons (Fsp3) is 0.400. The number of carbonyl (C=O) groups is 1. The first-order chi connectivity index (χ1) is 8.76. The van der Waals surface area contributed by atoms with Crippen LogP contribution in [0.2, 0.25) is 5.15 Å². The third kappa shape index (κ3) is 3.65. The number of nitrogens with zero attached hydrogens (tertiary/aromatic N) is 2. The molecule has 2 rings (SSSR count). The monoisotopic (exact) mass is 367 g/mol. The van der Waals surface area contributed by atoms with Gasteiger partial charge in [0.25, 0.3) is 0 Å². The SMILES string of the molecule is NS(=O)(=O)CC1CC(=O)N(c2cc(Br)cnc2Cl)C1. The molecular weight excluding hydrogens is 358 g/mol. The molecule has 0 aromatic carbocycles. The number of aromatic nitrogens is 1. The van der Waals surface area contributed by atoms with Crippen LogP contribution in [0.4, 0.5) is 5.69 Å². The van der Waals surface area contributed by atoms with Crippen LogP contribution in [0.1, 0.15) is 6.42 Å². The molecule has 19 heavy (non-hydrogen) atoms. The maximum Gasteiger partial charge on any atom is 0.227 e. The Labute approximate surface area is 124 Å². The van der Waals surface area contributed by atoms with Crippen LogP contribution in [0, 0.1) is 5.92 Å². The smallest absolute Gasteiger partial charge is 0.227 e. The predicted molar refractivity (Wildman–Crippen MR) is 75.4 cm³/mol. The quantitative estimate of drug-likeness (QED) is 0.810. The fourth-order valence-electron chi connectivity index (χ4n) is 2.06. The number of carbonyl (C=O) groups excluding carboxylic acids is 1. The molecule has 1 aromatic rings. The van der Waals surface area contributed by atoms with Gasteiger partial charge in [0.15, 0.2) is 5.15 Å². The van der Waals surface area contributed by atoms with Gasteiger partial charge < -0.3 is 4.90 Å². The number of rotatable bonds is 3. The summed E-state index contributed by atoms with van der Waals surface area (Å²) in [7, 11) is -3.59. The van der Waals surface area contributed by atoms with E-state index in [-0.39, 0.29) is 35.7 Å². The standard InChI is InChI=1S/C10H11BrClN3O3S/c11-7-2-8(10(12)14-3-7)15-4-6(1-9(15)16)5-19(13,17)18/h2-3,6H,1,4-5H2,(H2,13,17,18). The third-order valence-corrected chi connectivity index (χ3v) is 4.41. The van der Waals surface area contributed by atoms with Gasteiger partial charge in [0, 0.05) is 29.6 Å². The van der Waals surface area contributed by atoms with E-state index in [2.05, 4.69) is 20.9 Å². The number of hydrogen-bond donors (Lipinski definition) is 1. The van der Waals surface area contributed by atoms with Gasteiger partial charge in [-0.1, -0.05) is 11.6 Å². The van der Waals surface area contributed by atoms with Crippen molar-refractivity contribution < 1.29 is 13.2 Å². The van der Waals surface area contributed by atoms with Crippen molar-refractivity contribution in [2.45, 2.75) is 6.42 Å². The summed E-state index contributed by atoms with van der Waals surface area (Å²) < 4.78 is 22.8. The number of halogens is 2. The van der Waals surface area contributed by atoms with Crippen molar-refractivity contribution in [2.24, 2.45) is 11.1 Å². The highest BCUT2D eigenvalue weighted by Gasteiger charge is 2.34. The Kier molecular flexibility index (Phi) is 4.14. The Morgan fingerprint density at radius 3 is 2.89 bits per heavy atom. The van der Waals surface area contributed by atoms with Crippen LogP contribution in [0.25, 0.3) is 0 Å². The van der Waals surface area contributed by atoms with Crippen molar-refractivity contribution in [3.8, 4) is 0 Å². The van der Waals surface area contributed by atoms with Crippen LogP contribution < -0.4 is 10.0 Å². The van der Waals surface area contributed by atoms with E-state index in [1.807, 2.05) is 0 Å². The lowest BCUT2D eigenvalue weighted by Crippen LogP contribution is -2.27. The van der Waals surface area contributed by atoms with Crippen LogP contribution in [0.3, 0.4) is 0 Å². The summed E-state index contributed by atoms with van der Waals surface area (Å²) in [5.74, 6) is -0.720. The number of pyridine rings is 1. The molecular formula is C10H11BrClN3O3S. The van der Waals surface area contributed by atoms with E-state index in [0.717, 1.165) is 0 Å². The van der Waals surface area contributed by atoms with Crippen LogP contribution in [-0.4, -0.2) is 31.6 Å². The first kappa shape index (κ1) is 14.7. The minimum Gasteiger partial charge on any atom is -0.309 e. The van der Waals surface area contributed by atoms with E-state index in [4.69, 9.17) is 16.7 Å². The molecule has 1 fully saturated rings. The molecule has 0 saturated carbocycles. The van der Waals surface area contributed by atoms with Gasteiger partial charge in [0.05, 0.1) is 11.4 Å². The van der Waals surface area contributed by atoms with Gasteiger partial charge in [-0.15, -0.1) is 0 Å². The first-order valence-corrected chi connectivity index (χ1v) is 8.27. The fourth-order valence-corrected chi connectivity index (χ4v) is 3.46. The summed E-state index contributed by atoms with van der Waals surface area (Å²) in [6.45, 7) is 0.271. The zero-order valence-corrected chi connectivity index (χ0v) is 12.9. The van der Waals surface area contributed by atoms with E-state index >= 15 is 0 Å². The predicted octanol–water partition coefficient (Wildman–Crippen LogP) is 1.14. The summed E-state index contributed by atoms with van der Waals surface area (Å²) in [4.78, 5) is 17.3. The summed E-state index contributed by atoms with van der Waals surface area (Å²) in [6.07, 6.45) is 1.66. The molecule has 2 heterocycles. The largest absolute Gasteiger partial charge is 0.309 e. The molecule has 1 unspecified atom stereocenters. The molecule has 9 heteroatoms. The van der Waals surface area contributed by atoms with E-state index in [1.54, 1.807) is 6.07 Å². The number of anilines is 1. The minimum atomic E-state index is -3.59. The highest BCUT2D eigenvalue weighted by atomic mass is 79.9. The number of sulfonamides is 1. The Hall–Kier alpha value is -0.700. The molecule has 1 aromatic heterocycles. The van der Waals surface area contributed by atoms with Gasteiger partial charge in [-0.25, -0.2) is 18.5 Å². The van der Waals surface area contributed by atoms with Crippen molar-refractivity contribution in [1.82, 2.24) is 4.98 Å². The number of nitrogens with two attached hydrogens (primary N) is 1. The number of primary sulfonamides is 1. The Morgan fingerprint density at radius 1 is 1.58 bits per heavy atom. The summed E-state index contributed by atoms with van der Waals surface area (Å²) in [5.41, 5.74) is 0.470. The molecule has 1 aliphatic rings. The maximum absolute atomic E-state index is 11.9. The molecule has 104 valence electrons. The molecule has 1 atom stereocenters. The third-order valence-electron chi connectivity index (χ3n) is 2.75. The van der Waals surface area contributed by atoms with Gasteiger partial charge in [-0.2, -0.15) is 0 Å². The molecule has 1 aliphatic heterocycles. The Balaban J connectivity index is 2.23. The molecule has 0 radical (unpaired) electrons. The second-order valence-corrected chi connectivity index (χ2v) is 7.30. The second kappa shape index (κ2) is 5.35. The molecule has 6 nitrogen and oxygen atoms in total. The Morgan fingerprint density at radius 2 is 2.26 bits per heavy atom. The maximum atomic E-state index is 11.9. The van der Waals surface area contributed by atoms with Crippen molar-refractivity contribution in [2.75, 3.05) is 17.2 Å². The molecule has 0 spiro atoms. The lowest BCUT2D eigenvalue weighted by atomic mass is 10.1. The van der Waals surface area contributed by atoms with Gasteiger partial charge in [-0.05, 0) is 22.0 Å². The van der Waals surface area contributed by atoms with Crippen LogP contribution in [0.5, 0.6) is 0 Å². The van der Waals surface area contributed by atoms with Gasteiger partial charge >= 0.3 is 0 Å². The van der Waals surface area contributed by atoms with Crippen molar-refractivity contribution >= 4 is 49.1 Å². The van der Waals surface area contributed by atoms with Gasteiger partial charge in [0.2, 0.25) is 15.9 Å². The topological polar surface area (TPSA) is 93.4 Å². The lowest BCUT2D eigenvalue weighted by molar-refractivity contribution is -0.117. The van der Waals surface area contributed by atoms with Crippen LogP contribution in [0.15, 0.2) is 16.7 Å². The average Bonchev–Trinajstić information content (AvgIpc) is 2.60. The number of amides is 1. The molecule has 0 aliphatic carbocycles. The zero-order valence-electron chi connectivity index (χ0n) is 9.71. The summed E-state index contributed by atoms with van der Waals surface area (Å²) in [5, 5.41) is 5.20. The van der Waals surface area contributed by atoms with Crippen molar-refractivity contribution in [3.63, 3.8) is 0 Å². The van der Waals surface area contributed by atoms with Gasteiger partial charge in [-0.3, -0.25) is 4.79 Å². The average molecular weight is 369 g/mol. The summed E-state index contributed by atoms with van der Waals surface area (Å²) >= 11 is 9.21. The van der Waals surface area contributed by atoms with Crippen LogP contribution >= 0.6 is 27.5 Å². The highest BCUT2D eigenvalue weighted by molar-refractivity contribution is 9.10. The molecule has 1 saturated heterocycles. The highest BCUT2D eigenvalue weighted by Crippen LogP contribution is 2.32. The van der Waals surface area contributed by atoms with E-state index in [9.17, 15) is 13.2 Å². The second-order valence-electron chi connectivity index (χ2n) is 4.37. The van der Waals surface area contributed by atoms with E-state index in [0.29, 0.717) is 10.2 Å². The van der Waals surface area contributed by atoms with Crippen LogP contribution in [-0.2, 0) is 14.8 Å². The normalized spacial score (nSPS) is 20.1. The lowest BCUT2D eigenvalue weighted by Gasteiger charge is -2.17.